The van der Waals surface area contributed by atoms with Crippen LogP contribution in [0, 0.1) is 6.92 Å². The second-order valence-corrected chi connectivity index (χ2v) is 9.48. The number of para-hydroxylation sites is 1. The van der Waals surface area contributed by atoms with Crippen LogP contribution in [0.15, 0.2) is 54.6 Å². The van der Waals surface area contributed by atoms with Crippen LogP contribution in [0.5, 0.6) is 0 Å². The van der Waals surface area contributed by atoms with Gasteiger partial charge in [-0.3, -0.25) is 13.9 Å². The van der Waals surface area contributed by atoms with E-state index in [1.807, 2.05) is 37.3 Å². The fourth-order valence-electron chi connectivity index (χ4n) is 3.40. The topological polar surface area (TPSA) is 86.8 Å². The Kier molecular flexibility index (Phi) is 8.62. The molecule has 0 saturated carbocycles. The number of likely N-dealkylation sites (N-methyl/N-ethyl adjacent to an activating group) is 1. The highest BCUT2D eigenvalue weighted by Crippen LogP contribution is 2.18. The number of hydrogen-bond donors (Lipinski definition) is 1. The highest BCUT2D eigenvalue weighted by molar-refractivity contribution is 7.92. The summed E-state index contributed by atoms with van der Waals surface area (Å²) < 4.78 is 25.8. The largest absolute Gasteiger partial charge is 0.357 e. The molecule has 0 aliphatic carbocycles. The van der Waals surface area contributed by atoms with E-state index in [4.69, 9.17) is 0 Å². The molecule has 2 aromatic carbocycles. The summed E-state index contributed by atoms with van der Waals surface area (Å²) in [6.07, 6.45) is 1.62. The number of carbonyl (C=O) groups excluding carboxylic acids is 2. The number of aryl methyl sites for hydroxylation is 1. The molecule has 0 heterocycles. The summed E-state index contributed by atoms with van der Waals surface area (Å²) in [6, 6.07) is 16.0. The van der Waals surface area contributed by atoms with Gasteiger partial charge in [-0.2, -0.15) is 0 Å². The molecule has 0 bridgehead atoms. The fourth-order valence-corrected chi connectivity index (χ4v) is 4.36. The number of amides is 2. The third-order valence-corrected chi connectivity index (χ3v) is 6.24. The van der Waals surface area contributed by atoms with Crippen LogP contribution in [0.1, 0.15) is 30.9 Å². The van der Waals surface area contributed by atoms with E-state index in [-0.39, 0.29) is 24.8 Å². The summed E-state index contributed by atoms with van der Waals surface area (Å²) >= 11 is 0. The van der Waals surface area contributed by atoms with Gasteiger partial charge in [0.25, 0.3) is 0 Å². The third kappa shape index (κ3) is 7.10. The number of hydrogen-bond acceptors (Lipinski definition) is 4. The molecule has 1 N–H and O–H groups in total. The van der Waals surface area contributed by atoms with Crippen LogP contribution < -0.4 is 9.62 Å². The van der Waals surface area contributed by atoms with E-state index >= 15 is 0 Å². The van der Waals surface area contributed by atoms with Crippen molar-refractivity contribution < 1.29 is 18.0 Å². The summed E-state index contributed by atoms with van der Waals surface area (Å²) in [5.41, 5.74) is 2.57. The minimum Gasteiger partial charge on any atom is -0.357 e. The molecule has 168 valence electrons. The summed E-state index contributed by atoms with van der Waals surface area (Å²) in [7, 11) is -1.94. The summed E-state index contributed by atoms with van der Waals surface area (Å²) in [4.78, 5) is 26.8. The molecule has 1 atom stereocenters. The minimum atomic E-state index is -3.48. The van der Waals surface area contributed by atoms with Gasteiger partial charge in [-0.1, -0.05) is 48.0 Å². The van der Waals surface area contributed by atoms with E-state index in [0.717, 1.165) is 17.4 Å². The van der Waals surface area contributed by atoms with Gasteiger partial charge in [0, 0.05) is 26.6 Å². The van der Waals surface area contributed by atoms with Crippen LogP contribution in [-0.2, 0) is 26.2 Å². The zero-order valence-corrected chi connectivity index (χ0v) is 19.4. The molecule has 0 aliphatic heterocycles. The van der Waals surface area contributed by atoms with Crippen LogP contribution in [0.4, 0.5) is 5.69 Å². The minimum absolute atomic E-state index is 0.131. The number of anilines is 1. The molecule has 7 nitrogen and oxygen atoms in total. The molecule has 2 rings (SSSR count). The lowest BCUT2D eigenvalue weighted by Crippen LogP contribution is -2.46. The van der Waals surface area contributed by atoms with Crippen LogP contribution in [0.2, 0.25) is 0 Å². The van der Waals surface area contributed by atoms with Gasteiger partial charge < -0.3 is 10.2 Å². The quantitative estimate of drug-likeness (QED) is 0.609. The van der Waals surface area contributed by atoms with Crippen LogP contribution in [-0.4, -0.2) is 51.0 Å². The van der Waals surface area contributed by atoms with Gasteiger partial charge >= 0.3 is 0 Å². The Morgan fingerprint density at radius 1 is 1.06 bits per heavy atom. The third-order valence-electron chi connectivity index (χ3n) is 5.05. The van der Waals surface area contributed by atoms with Gasteiger partial charge in [0.1, 0.15) is 6.04 Å². The first-order valence-electron chi connectivity index (χ1n) is 10.2. The average Bonchev–Trinajstić information content (AvgIpc) is 2.73. The second kappa shape index (κ2) is 10.9. The molecule has 0 radical (unpaired) electrons. The first kappa shape index (κ1) is 24.4. The van der Waals surface area contributed by atoms with Gasteiger partial charge in [0.15, 0.2) is 0 Å². The van der Waals surface area contributed by atoms with E-state index in [9.17, 15) is 18.0 Å². The van der Waals surface area contributed by atoms with Gasteiger partial charge in [-0.05, 0) is 38.0 Å². The molecule has 0 spiro atoms. The average molecular weight is 446 g/mol. The maximum atomic E-state index is 13.0. The van der Waals surface area contributed by atoms with Crippen molar-refractivity contribution in [3.8, 4) is 0 Å². The number of benzene rings is 2. The van der Waals surface area contributed by atoms with Crippen LogP contribution in [0.25, 0.3) is 0 Å². The van der Waals surface area contributed by atoms with Crippen LogP contribution in [0.3, 0.4) is 0 Å². The molecule has 0 saturated heterocycles. The van der Waals surface area contributed by atoms with E-state index < -0.39 is 16.1 Å². The van der Waals surface area contributed by atoms with Gasteiger partial charge in [0.2, 0.25) is 21.8 Å². The molecule has 0 fully saturated rings. The number of sulfonamides is 1. The smallest absolute Gasteiger partial charge is 0.242 e. The summed E-state index contributed by atoms with van der Waals surface area (Å²) in [5, 5.41) is 2.59. The first-order valence-corrected chi connectivity index (χ1v) is 12.1. The zero-order valence-electron chi connectivity index (χ0n) is 18.5. The summed E-state index contributed by atoms with van der Waals surface area (Å²) in [6.45, 7) is 4.16. The molecule has 0 aromatic heterocycles. The Morgan fingerprint density at radius 2 is 1.74 bits per heavy atom. The number of rotatable bonds is 10. The maximum Gasteiger partial charge on any atom is 0.242 e. The normalized spacial score (nSPS) is 12.1. The van der Waals surface area contributed by atoms with Crippen molar-refractivity contribution >= 4 is 27.5 Å². The monoisotopic (exact) mass is 445 g/mol. The van der Waals surface area contributed by atoms with Crippen molar-refractivity contribution in [3.63, 3.8) is 0 Å². The van der Waals surface area contributed by atoms with Gasteiger partial charge in [-0.15, -0.1) is 0 Å². The molecule has 2 amide bonds. The highest BCUT2D eigenvalue weighted by Gasteiger charge is 2.26. The lowest BCUT2D eigenvalue weighted by Gasteiger charge is -2.29. The number of carbonyl (C=O) groups is 2. The molecule has 0 aliphatic rings. The Balaban J connectivity index is 2.12. The van der Waals surface area contributed by atoms with Gasteiger partial charge in [-0.25, -0.2) is 8.42 Å². The van der Waals surface area contributed by atoms with Crippen LogP contribution >= 0.6 is 0 Å². The molecule has 2 aromatic rings. The molecule has 8 heteroatoms. The number of nitrogens with zero attached hydrogens (tertiary/aromatic N) is 2. The maximum absolute atomic E-state index is 13.0. The van der Waals surface area contributed by atoms with Crippen molar-refractivity contribution in [2.75, 3.05) is 24.2 Å². The van der Waals surface area contributed by atoms with Crippen molar-refractivity contribution in [1.29, 1.82) is 0 Å². The first-order chi connectivity index (χ1) is 14.6. The van der Waals surface area contributed by atoms with E-state index in [1.165, 1.54) is 11.4 Å². The van der Waals surface area contributed by atoms with Crippen molar-refractivity contribution in [3.05, 3.63) is 65.7 Å². The Hall–Kier alpha value is -2.87. The summed E-state index contributed by atoms with van der Waals surface area (Å²) in [5.74, 6) is -0.442. The Labute approximate surface area is 185 Å². The Bertz CT molecular complexity index is 993. The molecular formula is C23H31N3O4S. The fraction of sp³-hybridized carbons (Fsp3) is 0.391. The van der Waals surface area contributed by atoms with E-state index in [1.54, 1.807) is 36.1 Å². The SMILES string of the molecule is CNC(=O)C(C)N(Cc1cccc(C)c1)C(=O)CCCN(c1ccccc1)S(C)(=O)=O. The molecule has 31 heavy (non-hydrogen) atoms. The predicted octanol–water partition coefficient (Wildman–Crippen LogP) is 2.70. The highest BCUT2D eigenvalue weighted by atomic mass is 32.2. The lowest BCUT2D eigenvalue weighted by molar-refractivity contribution is -0.140. The van der Waals surface area contributed by atoms with Crippen molar-refractivity contribution in [2.45, 2.75) is 39.3 Å². The van der Waals surface area contributed by atoms with E-state index in [0.29, 0.717) is 18.7 Å². The van der Waals surface area contributed by atoms with Crippen molar-refractivity contribution in [1.82, 2.24) is 10.2 Å². The van der Waals surface area contributed by atoms with E-state index in [2.05, 4.69) is 5.32 Å². The second-order valence-electron chi connectivity index (χ2n) is 7.58. The van der Waals surface area contributed by atoms with Crippen molar-refractivity contribution in [2.24, 2.45) is 0 Å². The predicted molar refractivity (Wildman–Crippen MR) is 123 cm³/mol. The standard InChI is InChI=1S/C23H31N3O4S/c1-18-10-8-11-20(16-18)17-25(19(2)23(28)24-3)22(27)14-9-15-26(31(4,29)30)21-12-6-5-7-13-21/h5-8,10-13,16,19H,9,14-15,17H2,1-4H3,(H,24,28). The Morgan fingerprint density at radius 3 is 2.32 bits per heavy atom. The van der Waals surface area contributed by atoms with Gasteiger partial charge in [0.05, 0.1) is 11.9 Å². The zero-order chi connectivity index (χ0) is 23.0. The molecule has 1 unspecified atom stereocenters. The number of nitrogens with one attached hydrogen (secondary N) is 1. The lowest BCUT2D eigenvalue weighted by atomic mass is 10.1. The molecular weight excluding hydrogens is 414 g/mol.